The second-order valence-corrected chi connectivity index (χ2v) is 6.17. The Labute approximate surface area is 135 Å². The third-order valence-electron chi connectivity index (χ3n) is 4.81. The van der Waals surface area contributed by atoms with Crippen molar-refractivity contribution in [1.29, 1.82) is 0 Å². The molecule has 0 spiro atoms. The van der Waals surface area contributed by atoms with Gasteiger partial charge in [0, 0.05) is 31.9 Å². The van der Waals surface area contributed by atoms with Crippen LogP contribution >= 0.6 is 0 Å². The molecule has 2 heterocycles. The van der Waals surface area contributed by atoms with Gasteiger partial charge in [-0.3, -0.25) is 0 Å². The molecule has 1 aliphatic heterocycles. The molecular weight excluding hydrogens is 292 g/mol. The molecule has 0 radical (unpaired) electrons. The summed E-state index contributed by atoms with van der Waals surface area (Å²) in [5, 5.41) is 14.0. The molecule has 1 aromatic carbocycles. The molecule has 1 aromatic heterocycles. The summed E-state index contributed by atoms with van der Waals surface area (Å²) in [7, 11) is 2.03. The van der Waals surface area contributed by atoms with E-state index >= 15 is 0 Å². The van der Waals surface area contributed by atoms with Crippen molar-refractivity contribution in [2.45, 2.75) is 24.7 Å². The predicted molar refractivity (Wildman–Crippen MR) is 87.7 cm³/mol. The SMILES string of the molecule is CN1c2ccccc2O[C@@H]2C[C@@H](CNc3ncccn3)[C@@H](O)[C@@H]21. The molecule has 6 nitrogen and oxygen atoms in total. The van der Waals surface area contributed by atoms with Gasteiger partial charge in [0.15, 0.2) is 0 Å². The molecule has 0 saturated heterocycles. The van der Waals surface area contributed by atoms with Crippen molar-refractivity contribution in [3.05, 3.63) is 42.7 Å². The maximum atomic E-state index is 10.8. The van der Waals surface area contributed by atoms with Crippen molar-refractivity contribution in [3.63, 3.8) is 0 Å². The average molecular weight is 312 g/mol. The number of aliphatic hydroxyl groups is 1. The van der Waals surface area contributed by atoms with Gasteiger partial charge in [0.2, 0.25) is 5.95 Å². The van der Waals surface area contributed by atoms with Crippen LogP contribution in [-0.2, 0) is 0 Å². The molecule has 0 unspecified atom stereocenters. The molecule has 4 atom stereocenters. The summed E-state index contributed by atoms with van der Waals surface area (Å²) < 4.78 is 6.12. The molecule has 2 aliphatic rings. The van der Waals surface area contributed by atoms with Gasteiger partial charge in [-0.1, -0.05) is 12.1 Å². The van der Waals surface area contributed by atoms with E-state index in [1.54, 1.807) is 18.5 Å². The quantitative estimate of drug-likeness (QED) is 0.896. The summed E-state index contributed by atoms with van der Waals surface area (Å²) >= 11 is 0. The fraction of sp³-hybridized carbons (Fsp3) is 0.412. The van der Waals surface area contributed by atoms with Crippen LogP contribution in [0.3, 0.4) is 0 Å². The van der Waals surface area contributed by atoms with Gasteiger partial charge in [-0.15, -0.1) is 0 Å². The number of nitrogens with one attached hydrogen (secondary N) is 1. The normalized spacial score (nSPS) is 28.7. The molecule has 1 fully saturated rings. The van der Waals surface area contributed by atoms with Crippen molar-refractivity contribution in [1.82, 2.24) is 9.97 Å². The van der Waals surface area contributed by atoms with Crippen LogP contribution in [0.15, 0.2) is 42.7 Å². The first-order valence-electron chi connectivity index (χ1n) is 7.91. The molecule has 1 saturated carbocycles. The molecule has 4 rings (SSSR count). The number of aliphatic hydroxyl groups excluding tert-OH is 1. The highest BCUT2D eigenvalue weighted by atomic mass is 16.5. The summed E-state index contributed by atoms with van der Waals surface area (Å²) in [4.78, 5) is 10.5. The Kier molecular flexibility index (Phi) is 3.53. The lowest BCUT2D eigenvalue weighted by Crippen LogP contribution is -2.50. The van der Waals surface area contributed by atoms with Crippen molar-refractivity contribution >= 4 is 11.6 Å². The van der Waals surface area contributed by atoms with Crippen LogP contribution in [0.2, 0.25) is 0 Å². The van der Waals surface area contributed by atoms with Gasteiger partial charge in [-0.2, -0.15) is 0 Å². The van der Waals surface area contributed by atoms with E-state index in [-0.39, 0.29) is 18.1 Å². The van der Waals surface area contributed by atoms with Crippen LogP contribution in [0.1, 0.15) is 6.42 Å². The molecule has 2 N–H and O–H groups in total. The first kappa shape index (κ1) is 14.3. The molecular formula is C17H20N4O2. The minimum Gasteiger partial charge on any atom is -0.486 e. The van der Waals surface area contributed by atoms with E-state index in [1.165, 1.54) is 0 Å². The van der Waals surface area contributed by atoms with Crippen LogP contribution in [0.25, 0.3) is 0 Å². The van der Waals surface area contributed by atoms with Gasteiger partial charge in [-0.25, -0.2) is 9.97 Å². The van der Waals surface area contributed by atoms with Gasteiger partial charge in [-0.05, 0) is 24.6 Å². The summed E-state index contributed by atoms with van der Waals surface area (Å²) in [5.41, 5.74) is 1.04. The number of hydrogen-bond acceptors (Lipinski definition) is 6. The predicted octanol–water partition coefficient (Wildman–Crippen LogP) is 1.54. The zero-order valence-electron chi connectivity index (χ0n) is 13.0. The summed E-state index contributed by atoms with van der Waals surface area (Å²) in [6.45, 7) is 0.631. The summed E-state index contributed by atoms with van der Waals surface area (Å²) in [6.07, 6.45) is 3.77. The standard InChI is InChI=1S/C17H20N4O2/c1-21-12-5-2-3-6-13(12)23-14-9-11(16(22)15(14)21)10-20-17-18-7-4-8-19-17/h2-8,11,14-16,22H,9-10H2,1H3,(H,18,19,20)/t11-,14+,15+,16+/m0/s1. The number of ether oxygens (including phenoxy) is 1. The van der Waals surface area contributed by atoms with E-state index in [9.17, 15) is 5.11 Å². The second kappa shape index (κ2) is 5.70. The molecule has 0 amide bonds. The molecule has 120 valence electrons. The van der Waals surface area contributed by atoms with E-state index in [0.717, 1.165) is 17.9 Å². The maximum absolute atomic E-state index is 10.8. The summed E-state index contributed by atoms with van der Waals surface area (Å²) in [5.74, 6) is 1.58. The molecule has 1 aliphatic carbocycles. The highest BCUT2D eigenvalue weighted by Gasteiger charge is 2.48. The number of likely N-dealkylation sites (N-methyl/N-ethyl adjacent to an activating group) is 1. The van der Waals surface area contributed by atoms with E-state index in [2.05, 4.69) is 20.2 Å². The smallest absolute Gasteiger partial charge is 0.222 e. The number of anilines is 2. The third-order valence-corrected chi connectivity index (χ3v) is 4.81. The number of aromatic nitrogens is 2. The van der Waals surface area contributed by atoms with Crippen LogP contribution in [0, 0.1) is 5.92 Å². The van der Waals surface area contributed by atoms with E-state index in [1.807, 2.05) is 31.3 Å². The van der Waals surface area contributed by atoms with Crippen molar-refractivity contribution in [3.8, 4) is 5.75 Å². The van der Waals surface area contributed by atoms with Gasteiger partial charge in [0.1, 0.15) is 11.9 Å². The highest BCUT2D eigenvalue weighted by Crippen LogP contribution is 2.42. The Morgan fingerprint density at radius 1 is 1.26 bits per heavy atom. The minimum atomic E-state index is -0.449. The monoisotopic (exact) mass is 312 g/mol. The van der Waals surface area contributed by atoms with Crippen LogP contribution in [0.4, 0.5) is 11.6 Å². The highest BCUT2D eigenvalue weighted by molar-refractivity contribution is 5.61. The average Bonchev–Trinajstić information content (AvgIpc) is 2.90. The Morgan fingerprint density at radius 2 is 2.04 bits per heavy atom. The molecule has 23 heavy (non-hydrogen) atoms. The Morgan fingerprint density at radius 3 is 2.87 bits per heavy atom. The van der Waals surface area contributed by atoms with Crippen LogP contribution in [0.5, 0.6) is 5.75 Å². The number of para-hydroxylation sites is 2. The number of hydrogen-bond donors (Lipinski definition) is 2. The number of benzene rings is 1. The van der Waals surface area contributed by atoms with Gasteiger partial charge >= 0.3 is 0 Å². The fourth-order valence-electron chi connectivity index (χ4n) is 3.66. The topological polar surface area (TPSA) is 70.5 Å². The lowest BCUT2D eigenvalue weighted by molar-refractivity contribution is 0.0961. The Hall–Kier alpha value is -2.34. The van der Waals surface area contributed by atoms with E-state index < -0.39 is 6.10 Å². The van der Waals surface area contributed by atoms with Crippen molar-refractivity contribution in [2.75, 3.05) is 23.8 Å². The number of nitrogens with zero attached hydrogens (tertiary/aromatic N) is 3. The second-order valence-electron chi connectivity index (χ2n) is 6.17. The van der Waals surface area contributed by atoms with E-state index in [4.69, 9.17) is 4.74 Å². The van der Waals surface area contributed by atoms with Crippen LogP contribution < -0.4 is 15.0 Å². The minimum absolute atomic E-state index is 0.00777. The van der Waals surface area contributed by atoms with Crippen LogP contribution in [-0.4, -0.2) is 46.9 Å². The first-order chi connectivity index (χ1) is 11.2. The fourth-order valence-corrected chi connectivity index (χ4v) is 3.66. The van der Waals surface area contributed by atoms with Gasteiger partial charge in [0.05, 0.1) is 17.8 Å². The van der Waals surface area contributed by atoms with E-state index in [0.29, 0.717) is 12.5 Å². The van der Waals surface area contributed by atoms with Gasteiger partial charge < -0.3 is 20.1 Å². The number of rotatable bonds is 3. The van der Waals surface area contributed by atoms with Gasteiger partial charge in [0.25, 0.3) is 0 Å². The zero-order chi connectivity index (χ0) is 15.8. The molecule has 0 bridgehead atoms. The largest absolute Gasteiger partial charge is 0.486 e. The Balaban J connectivity index is 1.49. The number of fused-ring (bicyclic) bond motifs is 2. The maximum Gasteiger partial charge on any atom is 0.222 e. The summed E-state index contributed by atoms with van der Waals surface area (Å²) in [6, 6.07) is 9.74. The molecule has 6 heteroatoms. The lowest BCUT2D eigenvalue weighted by Gasteiger charge is -2.39. The lowest BCUT2D eigenvalue weighted by atomic mass is 10.0. The zero-order valence-corrected chi connectivity index (χ0v) is 13.0. The molecule has 2 aromatic rings. The van der Waals surface area contributed by atoms with Crippen molar-refractivity contribution < 1.29 is 9.84 Å². The Bertz CT molecular complexity index is 681. The first-order valence-corrected chi connectivity index (χ1v) is 7.91. The third kappa shape index (κ3) is 2.49. The van der Waals surface area contributed by atoms with Crippen molar-refractivity contribution in [2.24, 2.45) is 5.92 Å².